The standard InChI is InChI=1S/C19H16F3N3O6/c1-31-13-7-5-10(6-8-13)16(26)14-15(11-3-2-4-12(9-11)25(29)30)23-17(27)24-18(14,28)19(20,21)22/h2-9,14-15,28H,1H3,(H2,23,24,27)/t14-,15+,18-/m1/s1. The molecule has 3 N–H and O–H groups in total. The van der Waals surface area contributed by atoms with E-state index in [0.717, 1.165) is 12.1 Å². The van der Waals surface area contributed by atoms with E-state index in [1.165, 1.54) is 48.8 Å². The zero-order chi connectivity index (χ0) is 23.0. The molecule has 164 valence electrons. The van der Waals surface area contributed by atoms with Gasteiger partial charge in [-0.1, -0.05) is 12.1 Å². The number of aliphatic hydroxyl groups is 1. The van der Waals surface area contributed by atoms with Crippen LogP contribution in [0.4, 0.5) is 23.7 Å². The topological polar surface area (TPSA) is 131 Å². The fourth-order valence-corrected chi connectivity index (χ4v) is 3.38. The van der Waals surface area contributed by atoms with Crippen LogP contribution in [0.1, 0.15) is 22.0 Å². The molecule has 0 radical (unpaired) electrons. The van der Waals surface area contributed by atoms with Gasteiger partial charge in [0, 0.05) is 17.7 Å². The van der Waals surface area contributed by atoms with Crippen molar-refractivity contribution < 1.29 is 37.5 Å². The molecule has 0 spiro atoms. The molecule has 12 heteroatoms. The number of nitro benzene ring substituents is 1. The Balaban J connectivity index is 2.16. The second kappa shape index (κ2) is 7.87. The smallest absolute Gasteiger partial charge is 0.437 e. The van der Waals surface area contributed by atoms with Gasteiger partial charge in [0.1, 0.15) is 11.7 Å². The molecule has 1 saturated heterocycles. The predicted octanol–water partition coefficient (Wildman–Crippen LogP) is 2.71. The summed E-state index contributed by atoms with van der Waals surface area (Å²) in [5.41, 5.74) is -4.74. The van der Waals surface area contributed by atoms with Gasteiger partial charge in [0.05, 0.1) is 18.1 Å². The van der Waals surface area contributed by atoms with Crippen LogP contribution in [0.2, 0.25) is 0 Å². The molecule has 3 atom stereocenters. The first-order valence-corrected chi connectivity index (χ1v) is 8.78. The van der Waals surface area contributed by atoms with Gasteiger partial charge in [-0.3, -0.25) is 14.9 Å². The van der Waals surface area contributed by atoms with Gasteiger partial charge in [-0.2, -0.15) is 13.2 Å². The van der Waals surface area contributed by atoms with E-state index in [-0.39, 0.29) is 11.1 Å². The quantitative estimate of drug-likeness (QED) is 0.373. The summed E-state index contributed by atoms with van der Waals surface area (Å²) >= 11 is 0. The summed E-state index contributed by atoms with van der Waals surface area (Å²) in [7, 11) is 1.36. The van der Waals surface area contributed by atoms with E-state index in [0.29, 0.717) is 5.75 Å². The lowest BCUT2D eigenvalue weighted by Crippen LogP contribution is -2.72. The minimum absolute atomic E-state index is 0.154. The third kappa shape index (κ3) is 4.01. The second-order valence-electron chi connectivity index (χ2n) is 6.76. The van der Waals surface area contributed by atoms with E-state index in [4.69, 9.17) is 4.74 Å². The third-order valence-corrected chi connectivity index (χ3v) is 4.90. The number of hydrogen-bond donors (Lipinski definition) is 3. The first-order chi connectivity index (χ1) is 14.5. The monoisotopic (exact) mass is 439 g/mol. The molecular weight excluding hydrogens is 423 g/mol. The maximum absolute atomic E-state index is 13.9. The average Bonchev–Trinajstić information content (AvgIpc) is 2.72. The molecule has 2 aromatic rings. The number of nitro groups is 1. The largest absolute Gasteiger partial charge is 0.497 e. The SMILES string of the molecule is COc1ccc(C(=O)[C@H]2[C@H](c3cccc([N+](=O)[O-])c3)NC(=O)N[C@]2(O)C(F)(F)F)cc1. The molecule has 0 bridgehead atoms. The zero-order valence-electron chi connectivity index (χ0n) is 15.8. The van der Waals surface area contributed by atoms with Crippen molar-refractivity contribution in [3.63, 3.8) is 0 Å². The Hall–Kier alpha value is -3.67. The fourth-order valence-electron chi connectivity index (χ4n) is 3.38. The fraction of sp³-hybridized carbons (Fsp3) is 0.263. The number of urea groups is 1. The van der Waals surface area contributed by atoms with Gasteiger partial charge in [0.2, 0.25) is 5.72 Å². The zero-order valence-corrected chi connectivity index (χ0v) is 15.8. The number of carbonyl (C=O) groups is 2. The van der Waals surface area contributed by atoms with Crippen molar-refractivity contribution in [2.75, 3.05) is 7.11 Å². The molecule has 0 saturated carbocycles. The Kier molecular flexibility index (Phi) is 5.59. The van der Waals surface area contributed by atoms with Crippen molar-refractivity contribution in [3.05, 3.63) is 69.8 Å². The Labute approximate surface area is 173 Å². The summed E-state index contributed by atoms with van der Waals surface area (Å²) in [5.74, 6) is -3.10. The Morgan fingerprint density at radius 3 is 2.42 bits per heavy atom. The molecular formula is C19H16F3N3O6. The lowest BCUT2D eigenvalue weighted by Gasteiger charge is -2.45. The summed E-state index contributed by atoms with van der Waals surface area (Å²) < 4.78 is 46.6. The first kappa shape index (κ1) is 22.0. The highest BCUT2D eigenvalue weighted by Gasteiger charge is 2.66. The van der Waals surface area contributed by atoms with Gasteiger partial charge in [-0.25, -0.2) is 4.79 Å². The van der Waals surface area contributed by atoms with Gasteiger partial charge in [0.15, 0.2) is 5.78 Å². The highest BCUT2D eigenvalue weighted by Crippen LogP contribution is 2.44. The van der Waals surface area contributed by atoms with Gasteiger partial charge in [-0.05, 0) is 29.8 Å². The minimum Gasteiger partial charge on any atom is -0.497 e. The van der Waals surface area contributed by atoms with Crippen molar-refractivity contribution in [2.45, 2.75) is 17.9 Å². The molecule has 1 aliphatic heterocycles. The highest BCUT2D eigenvalue weighted by molar-refractivity contribution is 6.00. The van der Waals surface area contributed by atoms with Crippen LogP contribution in [0.3, 0.4) is 0 Å². The van der Waals surface area contributed by atoms with E-state index < -0.39 is 46.3 Å². The summed E-state index contributed by atoms with van der Waals surface area (Å²) in [6, 6.07) is 6.44. The number of alkyl halides is 3. The van der Waals surface area contributed by atoms with Gasteiger partial charge < -0.3 is 20.5 Å². The number of non-ortho nitro benzene ring substituents is 1. The molecule has 9 nitrogen and oxygen atoms in total. The van der Waals surface area contributed by atoms with Crippen LogP contribution < -0.4 is 15.4 Å². The van der Waals surface area contributed by atoms with E-state index in [9.17, 15) is 38.0 Å². The number of halogens is 3. The number of ketones is 1. The molecule has 0 aromatic heterocycles. The molecule has 1 fully saturated rings. The van der Waals surface area contributed by atoms with Crippen LogP contribution >= 0.6 is 0 Å². The normalized spacial score (nSPS) is 23.5. The van der Waals surface area contributed by atoms with Gasteiger partial charge in [0.25, 0.3) is 5.69 Å². The molecule has 0 unspecified atom stereocenters. The van der Waals surface area contributed by atoms with E-state index in [2.05, 4.69) is 5.32 Å². The van der Waals surface area contributed by atoms with Crippen LogP contribution in [0, 0.1) is 16.0 Å². The number of nitrogens with one attached hydrogen (secondary N) is 2. The number of benzene rings is 2. The summed E-state index contributed by atoms with van der Waals surface area (Å²) in [6.45, 7) is 0. The van der Waals surface area contributed by atoms with Crippen LogP contribution in [-0.4, -0.2) is 40.9 Å². The maximum Gasteiger partial charge on any atom is 0.437 e. The lowest BCUT2D eigenvalue weighted by atomic mass is 9.77. The lowest BCUT2D eigenvalue weighted by molar-refractivity contribution is -0.385. The van der Waals surface area contributed by atoms with Gasteiger partial charge >= 0.3 is 12.2 Å². The summed E-state index contributed by atoms with van der Waals surface area (Å²) in [6.07, 6.45) is -5.43. The number of hydrogen-bond acceptors (Lipinski definition) is 6. The highest BCUT2D eigenvalue weighted by atomic mass is 19.4. The van der Waals surface area contributed by atoms with Crippen molar-refractivity contribution in [1.82, 2.24) is 10.6 Å². The Morgan fingerprint density at radius 1 is 1.23 bits per heavy atom. The second-order valence-corrected chi connectivity index (χ2v) is 6.76. The third-order valence-electron chi connectivity index (χ3n) is 4.90. The molecule has 1 aliphatic rings. The minimum atomic E-state index is -5.43. The van der Waals surface area contributed by atoms with Crippen molar-refractivity contribution >= 4 is 17.5 Å². The number of nitrogens with zero attached hydrogens (tertiary/aromatic N) is 1. The van der Waals surface area contributed by atoms with Crippen LogP contribution in [0.25, 0.3) is 0 Å². The first-order valence-electron chi connectivity index (χ1n) is 8.78. The molecule has 1 heterocycles. The molecule has 2 aromatic carbocycles. The van der Waals surface area contributed by atoms with E-state index in [1.54, 1.807) is 0 Å². The number of ether oxygens (including phenoxy) is 1. The van der Waals surface area contributed by atoms with Crippen molar-refractivity contribution in [2.24, 2.45) is 5.92 Å². The van der Waals surface area contributed by atoms with Crippen LogP contribution in [0.15, 0.2) is 48.5 Å². The number of Topliss-reactive ketones (excluding diaryl/α,β-unsaturated/α-hetero) is 1. The summed E-state index contributed by atoms with van der Waals surface area (Å²) in [5, 5.41) is 25.2. The van der Waals surface area contributed by atoms with E-state index >= 15 is 0 Å². The summed E-state index contributed by atoms with van der Waals surface area (Å²) in [4.78, 5) is 35.4. The average molecular weight is 439 g/mol. The molecule has 2 amide bonds. The number of methoxy groups -OCH3 is 1. The number of carbonyl (C=O) groups excluding carboxylic acids is 2. The Bertz CT molecular complexity index is 1030. The van der Waals surface area contributed by atoms with Crippen LogP contribution in [-0.2, 0) is 0 Å². The Morgan fingerprint density at radius 2 is 1.87 bits per heavy atom. The van der Waals surface area contributed by atoms with Gasteiger partial charge in [-0.15, -0.1) is 0 Å². The molecule has 31 heavy (non-hydrogen) atoms. The maximum atomic E-state index is 13.9. The van der Waals surface area contributed by atoms with Crippen LogP contribution in [0.5, 0.6) is 5.75 Å². The predicted molar refractivity (Wildman–Crippen MR) is 99.3 cm³/mol. The van der Waals surface area contributed by atoms with Crippen molar-refractivity contribution in [1.29, 1.82) is 0 Å². The number of rotatable bonds is 5. The molecule has 3 rings (SSSR count). The number of amides is 2. The van der Waals surface area contributed by atoms with E-state index in [1.807, 2.05) is 0 Å². The van der Waals surface area contributed by atoms with Crippen molar-refractivity contribution in [3.8, 4) is 5.75 Å². The molecule has 0 aliphatic carbocycles.